The normalized spacial score (nSPS) is 9.58. The van der Waals surface area contributed by atoms with Crippen LogP contribution in [-0.4, -0.2) is 19.3 Å². The lowest BCUT2D eigenvalue weighted by Gasteiger charge is -2.02. The zero-order valence-corrected chi connectivity index (χ0v) is 6.53. The third kappa shape index (κ3) is 1.96. The van der Waals surface area contributed by atoms with E-state index in [9.17, 15) is 4.53 Å². The maximum atomic E-state index is 11.5. The Balaban J connectivity index is 2.77. The molecule has 0 bridgehead atoms. The summed E-state index contributed by atoms with van der Waals surface area (Å²) >= 11 is 0. The summed E-state index contributed by atoms with van der Waals surface area (Å²) in [5.74, 6) is 0.643. The highest BCUT2D eigenvalue weighted by Gasteiger charge is 2.16. The van der Waals surface area contributed by atoms with Crippen LogP contribution in [0.3, 0.4) is 0 Å². The molecular formula is C7H8BFO3. The van der Waals surface area contributed by atoms with E-state index < -0.39 is 7.12 Å². The van der Waals surface area contributed by atoms with Crippen LogP contribution in [0.15, 0.2) is 24.3 Å². The zero-order chi connectivity index (χ0) is 8.97. The van der Waals surface area contributed by atoms with Gasteiger partial charge in [0.1, 0.15) is 5.75 Å². The molecule has 0 aliphatic carbocycles. The van der Waals surface area contributed by atoms with Crippen molar-refractivity contribution in [3.63, 3.8) is 0 Å². The van der Waals surface area contributed by atoms with Gasteiger partial charge < -0.3 is 9.76 Å². The van der Waals surface area contributed by atoms with Crippen molar-refractivity contribution in [1.29, 1.82) is 0 Å². The summed E-state index contributed by atoms with van der Waals surface area (Å²) in [6.07, 6.45) is 0. The molecule has 0 amide bonds. The lowest BCUT2D eigenvalue weighted by atomic mass is 9.80. The van der Waals surface area contributed by atoms with Crippen LogP contribution in [0.2, 0.25) is 0 Å². The van der Waals surface area contributed by atoms with Gasteiger partial charge in [-0.3, -0.25) is 0 Å². The van der Waals surface area contributed by atoms with E-state index in [-0.39, 0.29) is 0 Å². The van der Waals surface area contributed by atoms with E-state index in [1.54, 1.807) is 12.1 Å². The number of halogens is 1. The van der Waals surface area contributed by atoms with Gasteiger partial charge in [-0.15, -0.1) is 0 Å². The maximum Gasteiger partial charge on any atom is 0.529 e. The van der Waals surface area contributed by atoms with Crippen LogP contribution in [0.4, 0.5) is 4.53 Å². The van der Waals surface area contributed by atoms with Crippen molar-refractivity contribution in [2.24, 2.45) is 0 Å². The first-order valence-electron chi connectivity index (χ1n) is 3.37. The van der Waals surface area contributed by atoms with Crippen LogP contribution in [0.1, 0.15) is 0 Å². The highest BCUT2D eigenvalue weighted by atomic mass is 19.3. The third-order valence-electron chi connectivity index (χ3n) is 1.49. The van der Waals surface area contributed by atoms with E-state index in [2.05, 4.69) is 4.86 Å². The van der Waals surface area contributed by atoms with Crippen LogP contribution in [-0.2, 0) is 4.86 Å². The summed E-state index contributed by atoms with van der Waals surface area (Å²) in [4.78, 5) is 3.22. The molecule has 0 unspecified atom stereocenters. The number of rotatable bonds is 3. The Kier molecular flexibility index (Phi) is 3.07. The standard InChI is InChI=1S/C7H8BFO3/c1-11-7-4-2-6(3-5-7)8(10)12-9/h2-5,10H,1H3. The van der Waals surface area contributed by atoms with Crippen LogP contribution in [0.25, 0.3) is 0 Å². The first-order valence-corrected chi connectivity index (χ1v) is 3.37. The fourth-order valence-electron chi connectivity index (χ4n) is 0.820. The fraction of sp³-hybridized carbons (Fsp3) is 0.143. The molecule has 0 atom stereocenters. The second-order valence-electron chi connectivity index (χ2n) is 2.21. The van der Waals surface area contributed by atoms with Crippen LogP contribution in [0, 0.1) is 0 Å². The first-order chi connectivity index (χ1) is 5.77. The highest BCUT2D eigenvalue weighted by molar-refractivity contribution is 6.59. The summed E-state index contributed by atoms with van der Waals surface area (Å²) in [5.41, 5.74) is 0.346. The van der Waals surface area contributed by atoms with Gasteiger partial charge in [-0.05, 0) is 17.6 Å². The van der Waals surface area contributed by atoms with Crippen molar-refractivity contribution in [3.05, 3.63) is 24.3 Å². The molecule has 3 nitrogen and oxygen atoms in total. The summed E-state index contributed by atoms with van der Waals surface area (Å²) in [7, 11) is 0.00721. The van der Waals surface area contributed by atoms with E-state index in [1.165, 1.54) is 19.2 Å². The molecule has 0 spiro atoms. The van der Waals surface area contributed by atoms with E-state index in [4.69, 9.17) is 9.76 Å². The molecule has 0 aliphatic rings. The van der Waals surface area contributed by atoms with Crippen molar-refractivity contribution in [1.82, 2.24) is 0 Å². The van der Waals surface area contributed by atoms with Gasteiger partial charge in [0.15, 0.2) is 0 Å². The van der Waals surface area contributed by atoms with Gasteiger partial charge >= 0.3 is 7.12 Å². The monoisotopic (exact) mass is 170 g/mol. The minimum absolute atomic E-state index is 0.346. The minimum atomic E-state index is -1.52. The molecule has 0 radical (unpaired) electrons. The topological polar surface area (TPSA) is 38.7 Å². The molecule has 0 aromatic heterocycles. The second-order valence-corrected chi connectivity index (χ2v) is 2.21. The number of benzene rings is 1. The summed E-state index contributed by atoms with van der Waals surface area (Å²) in [6, 6.07) is 6.25. The molecule has 1 aromatic carbocycles. The van der Waals surface area contributed by atoms with Crippen molar-refractivity contribution in [3.8, 4) is 5.75 Å². The molecule has 0 fully saturated rings. The van der Waals surface area contributed by atoms with Gasteiger partial charge in [0.2, 0.25) is 0 Å². The van der Waals surface area contributed by atoms with Crippen molar-refractivity contribution in [2.75, 3.05) is 7.11 Å². The number of hydrogen-bond donors (Lipinski definition) is 1. The van der Waals surface area contributed by atoms with Gasteiger partial charge in [0.05, 0.1) is 7.11 Å². The van der Waals surface area contributed by atoms with Gasteiger partial charge in [-0.25, -0.2) is 4.86 Å². The Bertz CT molecular complexity index is 239. The molecule has 1 rings (SSSR count). The van der Waals surface area contributed by atoms with Crippen LogP contribution >= 0.6 is 0 Å². The van der Waals surface area contributed by atoms with Crippen LogP contribution < -0.4 is 10.2 Å². The van der Waals surface area contributed by atoms with Crippen molar-refractivity contribution in [2.45, 2.75) is 0 Å². The molecule has 64 valence electrons. The summed E-state index contributed by atoms with van der Waals surface area (Å²) < 4.78 is 16.3. The van der Waals surface area contributed by atoms with Gasteiger partial charge in [0, 0.05) is 0 Å². The van der Waals surface area contributed by atoms with Crippen LogP contribution in [0.5, 0.6) is 5.75 Å². The Morgan fingerprint density at radius 1 is 1.33 bits per heavy atom. The number of hydrogen-bond acceptors (Lipinski definition) is 3. The second kappa shape index (κ2) is 4.08. The predicted molar refractivity (Wildman–Crippen MR) is 42.8 cm³/mol. The van der Waals surface area contributed by atoms with E-state index in [1.807, 2.05) is 0 Å². The van der Waals surface area contributed by atoms with Gasteiger partial charge in [-0.1, -0.05) is 16.7 Å². The first kappa shape index (κ1) is 9.03. The molecule has 0 saturated carbocycles. The van der Waals surface area contributed by atoms with E-state index >= 15 is 0 Å². The highest BCUT2D eigenvalue weighted by Crippen LogP contribution is 2.05. The minimum Gasteiger partial charge on any atom is -0.497 e. The molecule has 0 aliphatic heterocycles. The SMILES string of the molecule is COc1ccc(B(O)OF)cc1. The molecular weight excluding hydrogens is 162 g/mol. The Morgan fingerprint density at radius 2 is 1.92 bits per heavy atom. The molecule has 1 aromatic rings. The zero-order valence-electron chi connectivity index (χ0n) is 6.53. The van der Waals surface area contributed by atoms with Crippen molar-refractivity contribution >= 4 is 12.6 Å². The lowest BCUT2D eigenvalue weighted by molar-refractivity contribution is -0.0267. The largest absolute Gasteiger partial charge is 0.529 e. The Morgan fingerprint density at radius 3 is 2.33 bits per heavy atom. The van der Waals surface area contributed by atoms with E-state index in [0.29, 0.717) is 11.2 Å². The number of methoxy groups -OCH3 is 1. The quantitative estimate of drug-likeness (QED) is 0.662. The molecule has 12 heavy (non-hydrogen) atoms. The molecule has 0 heterocycles. The molecule has 1 N–H and O–H groups in total. The smallest absolute Gasteiger partial charge is 0.497 e. The van der Waals surface area contributed by atoms with Gasteiger partial charge in [-0.2, -0.15) is 0 Å². The molecule has 5 heteroatoms. The lowest BCUT2D eigenvalue weighted by Crippen LogP contribution is -2.30. The molecule has 0 saturated heterocycles. The Labute approximate surface area is 69.8 Å². The van der Waals surface area contributed by atoms with E-state index in [0.717, 1.165) is 0 Å². The predicted octanol–water partition coefficient (Wildman–Crippen LogP) is 0.284. The Hall–Kier alpha value is -1.07. The summed E-state index contributed by atoms with van der Waals surface area (Å²) in [6.45, 7) is 0. The number of ether oxygens (including phenoxy) is 1. The average Bonchev–Trinajstić information content (AvgIpc) is 2.17. The van der Waals surface area contributed by atoms with Gasteiger partial charge in [0.25, 0.3) is 0 Å². The maximum absolute atomic E-state index is 11.5. The third-order valence-corrected chi connectivity index (χ3v) is 1.49. The fourth-order valence-corrected chi connectivity index (χ4v) is 0.820. The van der Waals surface area contributed by atoms with Crippen molar-refractivity contribution < 1.29 is 19.1 Å². The average molecular weight is 170 g/mol. The summed E-state index contributed by atoms with van der Waals surface area (Å²) in [5, 5.41) is 8.85.